The highest BCUT2D eigenvalue weighted by molar-refractivity contribution is 14.1. The van der Waals surface area contributed by atoms with Gasteiger partial charge < -0.3 is 4.74 Å². The first-order valence-electron chi connectivity index (χ1n) is 2.09. The van der Waals surface area contributed by atoms with Gasteiger partial charge >= 0.3 is 5.97 Å². The molecule has 3 heteroatoms. The first kappa shape index (κ1) is 7.76. The number of hydrogen-bond acceptors (Lipinski definition) is 2. The molecule has 0 saturated carbocycles. The van der Waals surface area contributed by atoms with E-state index in [1.54, 1.807) is 29.5 Å². The standard InChI is InChI=1S/C5H5IO2/c1-2-8-5(7)3-4-6/h2H2,1H3. The molecule has 0 saturated heterocycles. The van der Waals surface area contributed by atoms with Crippen LogP contribution in [0.25, 0.3) is 0 Å². The summed E-state index contributed by atoms with van der Waals surface area (Å²) in [5.74, 6) is 1.77. The molecule has 0 heterocycles. The Bertz CT molecular complexity index is 131. The van der Waals surface area contributed by atoms with Crippen LogP contribution in [0.15, 0.2) is 0 Å². The van der Waals surface area contributed by atoms with E-state index in [-0.39, 0.29) is 0 Å². The van der Waals surface area contributed by atoms with E-state index in [9.17, 15) is 4.79 Å². The van der Waals surface area contributed by atoms with Crippen LogP contribution in [0.2, 0.25) is 0 Å². The highest BCUT2D eigenvalue weighted by Crippen LogP contribution is 1.76. The van der Waals surface area contributed by atoms with Crippen molar-refractivity contribution >= 4 is 28.6 Å². The van der Waals surface area contributed by atoms with Crippen molar-refractivity contribution in [3.8, 4) is 9.85 Å². The van der Waals surface area contributed by atoms with E-state index < -0.39 is 5.97 Å². The van der Waals surface area contributed by atoms with Gasteiger partial charge in [-0.1, -0.05) is 0 Å². The lowest BCUT2D eigenvalue weighted by Gasteiger charge is -1.88. The van der Waals surface area contributed by atoms with E-state index >= 15 is 0 Å². The topological polar surface area (TPSA) is 26.3 Å². The molecule has 0 aliphatic carbocycles. The molecule has 0 atom stereocenters. The number of rotatable bonds is 1. The second-order valence-electron chi connectivity index (χ2n) is 0.940. The summed E-state index contributed by atoms with van der Waals surface area (Å²) in [6.07, 6.45) is 0. The van der Waals surface area contributed by atoms with Gasteiger partial charge in [0.1, 0.15) is 0 Å². The molecule has 0 aromatic carbocycles. The van der Waals surface area contributed by atoms with Crippen molar-refractivity contribution in [1.82, 2.24) is 0 Å². The molecular formula is C5H5IO2. The van der Waals surface area contributed by atoms with Crippen LogP contribution in [-0.4, -0.2) is 12.6 Å². The van der Waals surface area contributed by atoms with Gasteiger partial charge in [0.25, 0.3) is 0 Å². The molecule has 0 aromatic rings. The molecule has 0 spiro atoms. The molecule has 0 aliphatic rings. The molecule has 0 aliphatic heterocycles. The predicted molar refractivity (Wildman–Crippen MR) is 38.4 cm³/mol. The SMILES string of the molecule is CCOC(=O)C#CI. The smallest absolute Gasteiger partial charge is 0.385 e. The largest absolute Gasteiger partial charge is 0.456 e. The zero-order valence-corrected chi connectivity index (χ0v) is 6.56. The summed E-state index contributed by atoms with van der Waals surface area (Å²) in [6.45, 7) is 2.14. The molecule has 0 radical (unpaired) electrons. The fourth-order valence-corrected chi connectivity index (χ4v) is 0.426. The summed E-state index contributed by atoms with van der Waals surface area (Å²) in [5.41, 5.74) is 0. The summed E-state index contributed by atoms with van der Waals surface area (Å²) in [7, 11) is 0. The minimum atomic E-state index is -0.457. The molecule has 0 N–H and O–H groups in total. The Morgan fingerprint density at radius 1 is 1.88 bits per heavy atom. The molecule has 0 unspecified atom stereocenters. The Balaban J connectivity index is 3.44. The minimum Gasteiger partial charge on any atom is -0.456 e. The van der Waals surface area contributed by atoms with Crippen molar-refractivity contribution in [3.05, 3.63) is 0 Å². The maximum Gasteiger partial charge on any atom is 0.385 e. The molecule has 8 heavy (non-hydrogen) atoms. The third-order valence-electron chi connectivity index (χ3n) is 0.425. The van der Waals surface area contributed by atoms with Crippen molar-refractivity contribution in [2.75, 3.05) is 6.61 Å². The van der Waals surface area contributed by atoms with Gasteiger partial charge in [-0.3, -0.25) is 0 Å². The van der Waals surface area contributed by atoms with Crippen molar-refractivity contribution in [1.29, 1.82) is 0 Å². The molecule has 0 aromatic heterocycles. The number of halogens is 1. The van der Waals surface area contributed by atoms with Crippen molar-refractivity contribution in [2.45, 2.75) is 6.92 Å². The van der Waals surface area contributed by atoms with Gasteiger partial charge in [0.05, 0.1) is 6.61 Å². The normalized spacial score (nSPS) is 6.75. The van der Waals surface area contributed by atoms with Crippen molar-refractivity contribution in [3.63, 3.8) is 0 Å². The molecule has 0 fully saturated rings. The summed E-state index contributed by atoms with van der Waals surface area (Å²) < 4.78 is 6.86. The van der Waals surface area contributed by atoms with E-state index in [4.69, 9.17) is 0 Å². The summed E-state index contributed by atoms with van der Waals surface area (Å²) in [6, 6.07) is 0. The minimum absolute atomic E-state index is 0.393. The van der Waals surface area contributed by atoms with Crippen LogP contribution in [0.1, 0.15) is 6.92 Å². The summed E-state index contributed by atoms with van der Waals surface area (Å²) in [5, 5.41) is 0. The van der Waals surface area contributed by atoms with Gasteiger partial charge in [0.15, 0.2) is 0 Å². The van der Waals surface area contributed by atoms with Gasteiger partial charge in [-0.25, -0.2) is 4.79 Å². The van der Waals surface area contributed by atoms with E-state index in [1.807, 2.05) is 0 Å². The van der Waals surface area contributed by atoms with E-state index in [0.29, 0.717) is 6.61 Å². The molecular weight excluding hydrogens is 219 g/mol. The number of carbonyl (C=O) groups is 1. The van der Waals surface area contributed by atoms with Crippen molar-refractivity contribution < 1.29 is 9.53 Å². The van der Waals surface area contributed by atoms with Crippen LogP contribution in [0.4, 0.5) is 0 Å². The van der Waals surface area contributed by atoms with Crippen LogP contribution in [0.5, 0.6) is 0 Å². The Labute approximate surface area is 61.7 Å². The van der Waals surface area contributed by atoms with Gasteiger partial charge in [0, 0.05) is 28.5 Å². The number of esters is 1. The average molecular weight is 224 g/mol. The second kappa shape index (κ2) is 4.91. The van der Waals surface area contributed by atoms with Gasteiger partial charge in [0.2, 0.25) is 0 Å². The van der Waals surface area contributed by atoms with Gasteiger partial charge in [-0.05, 0) is 10.9 Å². The maximum absolute atomic E-state index is 10.2. The second-order valence-corrected chi connectivity index (χ2v) is 1.48. The lowest BCUT2D eigenvalue weighted by Crippen LogP contribution is -1.98. The van der Waals surface area contributed by atoms with Crippen LogP contribution >= 0.6 is 22.6 Å². The fraction of sp³-hybridized carbons (Fsp3) is 0.400. The molecule has 0 rings (SSSR count). The Morgan fingerprint density at radius 2 is 2.50 bits per heavy atom. The first-order valence-corrected chi connectivity index (χ1v) is 3.17. The van der Waals surface area contributed by atoms with Gasteiger partial charge in [-0.2, -0.15) is 0 Å². The summed E-state index contributed by atoms with van der Waals surface area (Å²) >= 11 is 1.78. The quantitative estimate of drug-likeness (QED) is 0.376. The van der Waals surface area contributed by atoms with Crippen LogP contribution in [0, 0.1) is 9.85 Å². The lowest BCUT2D eigenvalue weighted by molar-refractivity contribution is -0.136. The van der Waals surface area contributed by atoms with Crippen LogP contribution < -0.4 is 0 Å². The monoisotopic (exact) mass is 224 g/mol. The zero-order chi connectivity index (χ0) is 6.41. The number of ether oxygens (including phenoxy) is 1. The molecule has 0 bridgehead atoms. The van der Waals surface area contributed by atoms with E-state index in [2.05, 4.69) is 14.6 Å². The lowest BCUT2D eigenvalue weighted by atomic mass is 10.7. The zero-order valence-electron chi connectivity index (χ0n) is 4.40. The molecule has 0 amide bonds. The third-order valence-corrected chi connectivity index (χ3v) is 0.694. The Kier molecular flexibility index (Phi) is 4.76. The van der Waals surface area contributed by atoms with Crippen LogP contribution in [-0.2, 0) is 9.53 Å². The van der Waals surface area contributed by atoms with Crippen molar-refractivity contribution in [2.24, 2.45) is 0 Å². The van der Waals surface area contributed by atoms with E-state index in [0.717, 1.165) is 0 Å². The highest BCUT2D eigenvalue weighted by atomic mass is 127. The van der Waals surface area contributed by atoms with E-state index in [1.165, 1.54) is 0 Å². The first-order chi connectivity index (χ1) is 3.81. The van der Waals surface area contributed by atoms with Gasteiger partial charge in [-0.15, -0.1) is 0 Å². The Hall–Kier alpha value is -0.240. The number of hydrogen-bond donors (Lipinski definition) is 0. The number of carbonyl (C=O) groups excluding carboxylic acids is 1. The maximum atomic E-state index is 10.2. The highest BCUT2D eigenvalue weighted by Gasteiger charge is 1.89. The Morgan fingerprint density at radius 3 is 2.88 bits per heavy atom. The van der Waals surface area contributed by atoms with Crippen LogP contribution in [0.3, 0.4) is 0 Å². The molecule has 2 nitrogen and oxygen atoms in total. The summed E-state index contributed by atoms with van der Waals surface area (Å²) in [4.78, 5) is 10.2. The fourth-order valence-electron chi connectivity index (χ4n) is 0.206. The predicted octanol–water partition coefficient (Wildman–Crippen LogP) is 0.945. The average Bonchev–Trinajstić information content (AvgIpc) is 1.68. The molecule has 44 valence electrons. The third kappa shape index (κ3) is 3.93.